The van der Waals surface area contributed by atoms with Gasteiger partial charge in [0, 0.05) is 12.6 Å². The van der Waals surface area contributed by atoms with Gasteiger partial charge in [0.25, 0.3) is 0 Å². The molecule has 2 unspecified atom stereocenters. The van der Waals surface area contributed by atoms with E-state index in [-0.39, 0.29) is 5.41 Å². The summed E-state index contributed by atoms with van der Waals surface area (Å²) >= 11 is 0. The molecule has 3 heteroatoms. The fourth-order valence-corrected chi connectivity index (χ4v) is 7.01. The predicted molar refractivity (Wildman–Crippen MR) is 83.9 cm³/mol. The molecule has 0 spiro atoms. The standard InChI is InChI=1S/C18H30N2O/c1-16-6-13-7-17(2,10-16)12-18(8-13,11-16)15(21)20-14-4-3-5-19-9-14/h13-14,19H,3-12H2,1-2H3,(H,20,21)/t13?,14-,16?,17?,18?/m0/s1. The van der Waals surface area contributed by atoms with Crippen molar-refractivity contribution in [3.63, 3.8) is 0 Å². The summed E-state index contributed by atoms with van der Waals surface area (Å²) in [5, 5.41) is 6.82. The summed E-state index contributed by atoms with van der Waals surface area (Å²) in [6.07, 6.45) is 9.84. The Labute approximate surface area is 128 Å². The van der Waals surface area contributed by atoms with Gasteiger partial charge in [0.15, 0.2) is 0 Å². The van der Waals surface area contributed by atoms with Crippen LogP contribution in [-0.2, 0) is 4.79 Å². The minimum absolute atomic E-state index is 0.0413. The van der Waals surface area contributed by atoms with Crippen LogP contribution in [0.5, 0.6) is 0 Å². The molecule has 0 radical (unpaired) electrons. The van der Waals surface area contributed by atoms with Crippen molar-refractivity contribution in [3.8, 4) is 0 Å². The summed E-state index contributed by atoms with van der Waals surface area (Å²) in [5.41, 5.74) is 0.813. The molecule has 0 aromatic heterocycles. The monoisotopic (exact) mass is 290 g/mol. The van der Waals surface area contributed by atoms with Gasteiger partial charge in [-0.05, 0) is 74.7 Å². The first-order valence-corrected chi connectivity index (χ1v) is 8.92. The number of rotatable bonds is 2. The van der Waals surface area contributed by atoms with Crippen LogP contribution in [0, 0.1) is 22.2 Å². The largest absolute Gasteiger partial charge is 0.352 e. The molecule has 118 valence electrons. The highest BCUT2D eigenvalue weighted by atomic mass is 16.2. The summed E-state index contributed by atoms with van der Waals surface area (Å²) in [4.78, 5) is 13.1. The first kappa shape index (κ1) is 14.0. The molecule has 5 aliphatic rings. The Hall–Kier alpha value is -0.570. The molecule has 5 rings (SSSR count). The molecular formula is C18H30N2O. The highest BCUT2D eigenvalue weighted by molar-refractivity contribution is 5.83. The smallest absolute Gasteiger partial charge is 0.226 e. The highest BCUT2D eigenvalue weighted by Crippen LogP contribution is 2.69. The summed E-state index contributed by atoms with van der Waals surface area (Å²) in [5.74, 6) is 1.18. The number of amides is 1. The van der Waals surface area contributed by atoms with Gasteiger partial charge in [-0.2, -0.15) is 0 Å². The lowest BCUT2D eigenvalue weighted by Crippen LogP contribution is -2.61. The van der Waals surface area contributed by atoms with E-state index >= 15 is 0 Å². The second-order valence-electron chi connectivity index (χ2n) is 9.43. The molecule has 5 fully saturated rings. The zero-order valence-electron chi connectivity index (χ0n) is 13.6. The molecule has 3 nitrogen and oxygen atoms in total. The summed E-state index contributed by atoms with van der Waals surface area (Å²) in [6.45, 7) is 6.95. The zero-order chi connectivity index (χ0) is 14.7. The minimum atomic E-state index is -0.0413. The molecule has 0 aromatic carbocycles. The van der Waals surface area contributed by atoms with Crippen molar-refractivity contribution in [2.45, 2.75) is 71.3 Å². The molecule has 3 atom stereocenters. The second-order valence-corrected chi connectivity index (χ2v) is 9.43. The average Bonchev–Trinajstić information content (AvgIpc) is 2.35. The third-order valence-corrected chi connectivity index (χ3v) is 6.74. The number of hydrogen-bond donors (Lipinski definition) is 2. The van der Waals surface area contributed by atoms with Gasteiger partial charge in [0.1, 0.15) is 0 Å². The van der Waals surface area contributed by atoms with E-state index in [1.54, 1.807) is 0 Å². The third-order valence-electron chi connectivity index (χ3n) is 6.74. The molecule has 4 saturated carbocycles. The van der Waals surface area contributed by atoms with Gasteiger partial charge < -0.3 is 10.6 Å². The Morgan fingerprint density at radius 1 is 1.10 bits per heavy atom. The van der Waals surface area contributed by atoms with Crippen LogP contribution < -0.4 is 10.6 Å². The van der Waals surface area contributed by atoms with Crippen LogP contribution in [0.1, 0.15) is 65.2 Å². The first-order valence-electron chi connectivity index (χ1n) is 8.92. The molecular weight excluding hydrogens is 260 g/mol. The topological polar surface area (TPSA) is 41.1 Å². The molecule has 4 aliphatic carbocycles. The summed E-state index contributed by atoms with van der Waals surface area (Å²) < 4.78 is 0. The lowest BCUT2D eigenvalue weighted by Gasteiger charge is -2.64. The Balaban J connectivity index is 1.54. The van der Waals surface area contributed by atoms with Crippen LogP contribution >= 0.6 is 0 Å². The SMILES string of the molecule is CC12CC3CC(C)(C1)CC(C(=O)N[C@H]1CCCNC1)(C3)C2. The van der Waals surface area contributed by atoms with Crippen molar-refractivity contribution in [1.82, 2.24) is 10.6 Å². The van der Waals surface area contributed by atoms with Crippen molar-refractivity contribution in [2.75, 3.05) is 13.1 Å². The number of hydrogen-bond acceptors (Lipinski definition) is 2. The van der Waals surface area contributed by atoms with Crippen LogP contribution in [0.4, 0.5) is 0 Å². The Kier molecular flexibility index (Phi) is 2.99. The summed E-state index contributed by atoms with van der Waals surface area (Å²) in [7, 11) is 0. The van der Waals surface area contributed by atoms with Gasteiger partial charge in [-0.25, -0.2) is 0 Å². The van der Waals surface area contributed by atoms with Gasteiger partial charge in [-0.3, -0.25) is 4.79 Å². The van der Waals surface area contributed by atoms with Crippen molar-refractivity contribution in [3.05, 3.63) is 0 Å². The van der Waals surface area contributed by atoms with Gasteiger partial charge in [-0.15, -0.1) is 0 Å². The van der Waals surface area contributed by atoms with Crippen LogP contribution in [0.3, 0.4) is 0 Å². The van der Waals surface area contributed by atoms with Crippen LogP contribution in [0.15, 0.2) is 0 Å². The minimum Gasteiger partial charge on any atom is -0.352 e. The quantitative estimate of drug-likeness (QED) is 0.821. The van der Waals surface area contributed by atoms with E-state index < -0.39 is 0 Å². The van der Waals surface area contributed by atoms with Crippen LogP contribution in [-0.4, -0.2) is 25.0 Å². The fraction of sp³-hybridized carbons (Fsp3) is 0.944. The van der Waals surface area contributed by atoms with E-state index in [1.165, 1.54) is 25.7 Å². The van der Waals surface area contributed by atoms with Crippen molar-refractivity contribution < 1.29 is 4.79 Å². The first-order chi connectivity index (χ1) is 9.91. The number of nitrogens with one attached hydrogen (secondary N) is 2. The Bertz CT molecular complexity index is 436. The predicted octanol–water partition coefficient (Wildman–Crippen LogP) is 2.85. The molecule has 21 heavy (non-hydrogen) atoms. The molecule has 0 aromatic rings. The van der Waals surface area contributed by atoms with E-state index in [1.807, 2.05) is 0 Å². The second kappa shape index (κ2) is 4.47. The lowest BCUT2D eigenvalue weighted by atomic mass is 9.40. The maximum Gasteiger partial charge on any atom is 0.226 e. The number of piperidine rings is 1. The summed E-state index contributed by atoms with van der Waals surface area (Å²) in [6, 6.07) is 0.361. The zero-order valence-corrected chi connectivity index (χ0v) is 13.6. The van der Waals surface area contributed by atoms with Crippen LogP contribution in [0.2, 0.25) is 0 Å². The molecule has 2 N–H and O–H groups in total. The van der Waals surface area contributed by atoms with Crippen molar-refractivity contribution in [2.24, 2.45) is 22.2 Å². The third kappa shape index (κ3) is 2.32. The van der Waals surface area contributed by atoms with Gasteiger partial charge in [-0.1, -0.05) is 13.8 Å². The van der Waals surface area contributed by atoms with E-state index in [0.717, 1.165) is 44.7 Å². The van der Waals surface area contributed by atoms with Crippen LogP contribution in [0.25, 0.3) is 0 Å². The van der Waals surface area contributed by atoms with E-state index in [4.69, 9.17) is 0 Å². The van der Waals surface area contributed by atoms with E-state index in [9.17, 15) is 4.79 Å². The average molecular weight is 290 g/mol. The molecule has 1 amide bonds. The molecule has 1 heterocycles. The Morgan fingerprint density at radius 3 is 2.38 bits per heavy atom. The van der Waals surface area contributed by atoms with Gasteiger partial charge >= 0.3 is 0 Å². The normalized spacial score (nSPS) is 51.9. The molecule has 1 saturated heterocycles. The van der Waals surface area contributed by atoms with Crippen molar-refractivity contribution in [1.29, 1.82) is 0 Å². The molecule has 1 aliphatic heterocycles. The maximum atomic E-state index is 13.1. The fourth-order valence-electron chi connectivity index (χ4n) is 7.01. The Morgan fingerprint density at radius 2 is 1.81 bits per heavy atom. The van der Waals surface area contributed by atoms with Gasteiger partial charge in [0.05, 0.1) is 5.41 Å². The van der Waals surface area contributed by atoms with E-state index in [0.29, 0.717) is 22.8 Å². The van der Waals surface area contributed by atoms with Crippen molar-refractivity contribution >= 4 is 5.91 Å². The van der Waals surface area contributed by atoms with Gasteiger partial charge in [0.2, 0.25) is 5.91 Å². The van der Waals surface area contributed by atoms with E-state index in [2.05, 4.69) is 24.5 Å². The number of carbonyl (C=O) groups is 1. The maximum absolute atomic E-state index is 13.1. The lowest BCUT2D eigenvalue weighted by molar-refractivity contribution is -0.170. The molecule has 4 bridgehead atoms. The number of carbonyl (C=O) groups excluding carboxylic acids is 1. The highest BCUT2D eigenvalue weighted by Gasteiger charge is 2.62.